The molecule has 6 heteroatoms. The molecule has 0 saturated carbocycles. The van der Waals surface area contributed by atoms with Gasteiger partial charge in [-0.25, -0.2) is 0 Å². The Kier molecular flexibility index (Phi) is 4.28. The zero-order valence-electron chi connectivity index (χ0n) is 5.51. The number of ketones is 1. The van der Waals surface area contributed by atoms with Crippen molar-refractivity contribution in [3.8, 4) is 0 Å². The third-order valence-electron chi connectivity index (χ3n) is 1.03. The zero-order valence-corrected chi connectivity index (χ0v) is 9.28. The number of rotatable bonds is 2. The molecule has 1 nitrogen and oxygen atoms in total. The number of halogens is 5. The Morgan fingerprint density at radius 3 is 1.64 bits per heavy atom. The Labute approximate surface area is 89.9 Å². The second-order valence-electron chi connectivity index (χ2n) is 1.85. The Morgan fingerprint density at radius 2 is 1.55 bits per heavy atom. The van der Waals surface area contributed by atoms with E-state index in [1.807, 2.05) is 0 Å². The lowest BCUT2D eigenvalue weighted by molar-refractivity contribution is -0.119. The molecule has 0 aliphatic rings. The molecule has 0 aromatic rings. The van der Waals surface area contributed by atoms with Crippen molar-refractivity contribution in [2.45, 2.75) is 21.5 Å². The van der Waals surface area contributed by atoms with Crippen LogP contribution in [0.3, 0.4) is 0 Å². The molecular formula is C5H5Cl5O. The van der Waals surface area contributed by atoms with Crippen molar-refractivity contribution in [3.63, 3.8) is 0 Å². The van der Waals surface area contributed by atoms with Gasteiger partial charge in [0, 0.05) is 6.42 Å². The summed E-state index contributed by atoms with van der Waals surface area (Å²) in [7, 11) is 0. The number of carbonyl (C=O) groups excluding carboxylic acids is 1. The molecule has 11 heavy (non-hydrogen) atoms. The summed E-state index contributed by atoms with van der Waals surface area (Å²) in [5, 5.41) is 0. The molecule has 0 fully saturated rings. The van der Waals surface area contributed by atoms with E-state index in [0.717, 1.165) is 0 Å². The number of alkyl halides is 5. The lowest BCUT2D eigenvalue weighted by Crippen LogP contribution is -2.39. The molecule has 0 saturated heterocycles. The van der Waals surface area contributed by atoms with Gasteiger partial charge in [-0.1, -0.05) is 64.9 Å². The number of Topliss-reactive ketones (excluding diaryl/α,β-unsaturated/α-hetero) is 1. The Bertz CT molecular complexity index is 159. The van der Waals surface area contributed by atoms with Gasteiger partial charge < -0.3 is 0 Å². The molecule has 0 aromatic carbocycles. The first-order valence-corrected chi connectivity index (χ1v) is 4.60. The third kappa shape index (κ3) is 2.82. The van der Waals surface area contributed by atoms with Crippen LogP contribution in [0, 0.1) is 0 Å². The van der Waals surface area contributed by atoms with Gasteiger partial charge >= 0.3 is 0 Å². The van der Waals surface area contributed by atoms with Crippen LogP contribution in [0.4, 0.5) is 0 Å². The maximum atomic E-state index is 11.0. The van der Waals surface area contributed by atoms with Gasteiger partial charge in [0.05, 0.1) is 0 Å². The van der Waals surface area contributed by atoms with Crippen LogP contribution in [-0.2, 0) is 4.79 Å². The predicted octanol–water partition coefficient (Wildman–Crippen LogP) is 3.51. The van der Waals surface area contributed by atoms with Crippen LogP contribution < -0.4 is 0 Å². The molecule has 0 aromatic heterocycles. The highest BCUT2D eigenvalue weighted by molar-refractivity contribution is 6.79. The summed E-state index contributed by atoms with van der Waals surface area (Å²) in [5.74, 6) is -0.513. The normalized spacial score (nSPS) is 13.3. The van der Waals surface area contributed by atoms with Crippen LogP contribution in [-0.4, -0.2) is 13.9 Å². The van der Waals surface area contributed by atoms with E-state index in [0.29, 0.717) is 0 Å². The fourth-order valence-corrected chi connectivity index (χ4v) is 0.964. The topological polar surface area (TPSA) is 17.1 Å². The first-order valence-electron chi connectivity index (χ1n) is 2.71. The van der Waals surface area contributed by atoms with Crippen LogP contribution in [0.2, 0.25) is 0 Å². The molecule has 0 aliphatic carbocycles. The SMILES string of the molecule is CCC(=O)C(Cl)(Cl)C(Cl)(Cl)Cl. The van der Waals surface area contributed by atoms with E-state index in [2.05, 4.69) is 0 Å². The van der Waals surface area contributed by atoms with Gasteiger partial charge in [0.2, 0.25) is 8.13 Å². The zero-order chi connectivity index (χ0) is 9.28. The molecule has 0 rings (SSSR count). The summed E-state index contributed by atoms with van der Waals surface area (Å²) < 4.78 is -3.93. The smallest absolute Gasteiger partial charge is 0.230 e. The lowest BCUT2D eigenvalue weighted by atomic mass is 10.2. The summed E-state index contributed by atoms with van der Waals surface area (Å²) in [6.45, 7) is 1.58. The van der Waals surface area contributed by atoms with E-state index in [1.54, 1.807) is 6.92 Å². The number of hydrogen-bond acceptors (Lipinski definition) is 1. The molecule has 0 spiro atoms. The quantitative estimate of drug-likeness (QED) is 0.693. The van der Waals surface area contributed by atoms with Gasteiger partial charge in [-0.05, 0) is 0 Å². The molecule has 0 amide bonds. The fourth-order valence-electron chi connectivity index (χ4n) is 0.380. The van der Waals surface area contributed by atoms with E-state index in [1.165, 1.54) is 0 Å². The molecule has 0 N–H and O–H groups in total. The third-order valence-corrected chi connectivity index (χ3v) is 3.45. The molecule has 0 heterocycles. The van der Waals surface area contributed by atoms with Crippen molar-refractivity contribution in [1.82, 2.24) is 0 Å². The van der Waals surface area contributed by atoms with E-state index in [-0.39, 0.29) is 6.42 Å². The van der Waals surface area contributed by atoms with Gasteiger partial charge in [0.15, 0.2) is 5.78 Å². The van der Waals surface area contributed by atoms with E-state index in [9.17, 15) is 4.79 Å². The average molecular weight is 258 g/mol. The molecule has 0 radical (unpaired) electrons. The first kappa shape index (κ1) is 12.1. The number of hydrogen-bond donors (Lipinski definition) is 0. The Balaban J connectivity index is 4.59. The van der Waals surface area contributed by atoms with E-state index >= 15 is 0 Å². The maximum Gasteiger partial charge on any atom is 0.230 e. The summed E-state index contributed by atoms with van der Waals surface area (Å²) in [6, 6.07) is 0. The van der Waals surface area contributed by atoms with Crippen molar-refractivity contribution in [2.75, 3.05) is 0 Å². The largest absolute Gasteiger partial charge is 0.296 e. The molecule has 66 valence electrons. The molecule has 0 bridgehead atoms. The summed E-state index contributed by atoms with van der Waals surface area (Å²) in [4.78, 5) is 11.0. The van der Waals surface area contributed by atoms with Gasteiger partial charge in [-0.2, -0.15) is 0 Å². The molecule has 0 aliphatic heterocycles. The number of carbonyl (C=O) groups is 1. The summed E-state index contributed by atoms with van der Waals surface area (Å²) >= 11 is 27.0. The van der Waals surface area contributed by atoms with Crippen LogP contribution in [0.1, 0.15) is 13.3 Å². The Hall–Kier alpha value is 1.12. The van der Waals surface area contributed by atoms with Crippen LogP contribution in [0.15, 0.2) is 0 Å². The van der Waals surface area contributed by atoms with Crippen LogP contribution >= 0.6 is 58.0 Å². The van der Waals surface area contributed by atoms with Crippen molar-refractivity contribution in [1.29, 1.82) is 0 Å². The monoisotopic (exact) mass is 256 g/mol. The predicted molar refractivity (Wildman–Crippen MR) is 50.0 cm³/mol. The first-order chi connectivity index (χ1) is 4.73. The van der Waals surface area contributed by atoms with Crippen molar-refractivity contribution < 1.29 is 4.79 Å². The fraction of sp³-hybridized carbons (Fsp3) is 0.800. The van der Waals surface area contributed by atoms with Crippen molar-refractivity contribution >= 4 is 63.8 Å². The minimum atomic E-state index is -1.98. The van der Waals surface area contributed by atoms with E-state index in [4.69, 9.17) is 58.0 Å². The second-order valence-corrected chi connectivity index (χ2v) is 5.46. The van der Waals surface area contributed by atoms with E-state index < -0.39 is 13.9 Å². The van der Waals surface area contributed by atoms with Gasteiger partial charge in [0.1, 0.15) is 0 Å². The minimum Gasteiger partial charge on any atom is -0.296 e. The second kappa shape index (κ2) is 3.89. The maximum absolute atomic E-state index is 11.0. The lowest BCUT2D eigenvalue weighted by Gasteiger charge is -2.24. The van der Waals surface area contributed by atoms with Gasteiger partial charge in [0.25, 0.3) is 0 Å². The Morgan fingerprint density at radius 1 is 1.18 bits per heavy atom. The van der Waals surface area contributed by atoms with Gasteiger partial charge in [-0.3, -0.25) is 4.79 Å². The highest BCUT2D eigenvalue weighted by Crippen LogP contribution is 2.46. The van der Waals surface area contributed by atoms with Crippen molar-refractivity contribution in [2.24, 2.45) is 0 Å². The summed E-state index contributed by atoms with van der Waals surface area (Å²) in [6.07, 6.45) is 0.126. The average Bonchev–Trinajstić information content (AvgIpc) is 1.83. The highest BCUT2D eigenvalue weighted by Gasteiger charge is 2.50. The van der Waals surface area contributed by atoms with Crippen LogP contribution in [0.5, 0.6) is 0 Å². The van der Waals surface area contributed by atoms with Crippen LogP contribution in [0.25, 0.3) is 0 Å². The van der Waals surface area contributed by atoms with Crippen molar-refractivity contribution in [3.05, 3.63) is 0 Å². The molecule has 0 unspecified atom stereocenters. The molecule has 0 atom stereocenters. The van der Waals surface area contributed by atoms with Gasteiger partial charge in [-0.15, -0.1) is 0 Å². The highest BCUT2D eigenvalue weighted by atomic mass is 35.6. The standard InChI is InChI=1S/C5H5Cl5O/c1-2-3(11)4(6,7)5(8,9)10/h2H2,1H3. The molecular weight excluding hydrogens is 253 g/mol. The minimum absolute atomic E-state index is 0.126. The summed E-state index contributed by atoms with van der Waals surface area (Å²) in [5.41, 5.74) is 0.